The van der Waals surface area contributed by atoms with Crippen LogP contribution in [0.2, 0.25) is 0 Å². The molecule has 1 N–H and O–H groups in total. The molecular weight excluding hydrogens is 269 g/mol. The summed E-state index contributed by atoms with van der Waals surface area (Å²) in [7, 11) is 0. The number of unbranched alkanes of at least 4 members (excludes halogenated alkanes) is 7. The summed E-state index contributed by atoms with van der Waals surface area (Å²) in [4.78, 5) is 0. The third kappa shape index (κ3) is 12.7. The molecule has 0 saturated heterocycles. The predicted octanol–water partition coefficient (Wildman–Crippen LogP) is 4.85. The fourth-order valence-electron chi connectivity index (χ4n) is 1.97. The fraction of sp³-hybridized carbons (Fsp3) is 1.00. The molecule has 0 aliphatic rings. The van der Waals surface area contributed by atoms with Crippen molar-refractivity contribution >= 4 is 0 Å². The SMILES string of the molecule is CCCCCCCOCCCCCCC(O)C(F)(F)F. The molecule has 0 aromatic rings. The van der Waals surface area contributed by atoms with Gasteiger partial charge in [-0.3, -0.25) is 0 Å². The van der Waals surface area contributed by atoms with Gasteiger partial charge >= 0.3 is 6.18 Å². The number of alkyl halides is 3. The Hall–Kier alpha value is -0.290. The van der Waals surface area contributed by atoms with Gasteiger partial charge in [0.15, 0.2) is 0 Å². The van der Waals surface area contributed by atoms with Crippen LogP contribution in [0, 0.1) is 0 Å². The van der Waals surface area contributed by atoms with E-state index in [9.17, 15) is 13.2 Å². The van der Waals surface area contributed by atoms with Crippen LogP contribution < -0.4 is 0 Å². The average Bonchev–Trinajstić information content (AvgIpc) is 2.38. The first-order chi connectivity index (χ1) is 9.48. The summed E-state index contributed by atoms with van der Waals surface area (Å²) in [6, 6.07) is 0. The maximum atomic E-state index is 12.0. The maximum absolute atomic E-state index is 12.0. The minimum Gasteiger partial charge on any atom is -0.384 e. The van der Waals surface area contributed by atoms with Crippen molar-refractivity contribution in [3.05, 3.63) is 0 Å². The van der Waals surface area contributed by atoms with Crippen LogP contribution in [0.4, 0.5) is 13.2 Å². The van der Waals surface area contributed by atoms with Gasteiger partial charge in [-0.1, -0.05) is 51.9 Å². The van der Waals surface area contributed by atoms with Crippen LogP contribution in [0.15, 0.2) is 0 Å². The highest BCUT2D eigenvalue weighted by atomic mass is 19.4. The van der Waals surface area contributed by atoms with E-state index < -0.39 is 12.3 Å². The minimum atomic E-state index is -4.47. The Morgan fingerprint density at radius 3 is 1.85 bits per heavy atom. The van der Waals surface area contributed by atoms with E-state index in [1.54, 1.807) is 0 Å². The van der Waals surface area contributed by atoms with Crippen molar-refractivity contribution in [2.75, 3.05) is 13.2 Å². The summed E-state index contributed by atoms with van der Waals surface area (Å²) in [5, 5.41) is 8.80. The van der Waals surface area contributed by atoms with Crippen molar-refractivity contribution in [1.29, 1.82) is 0 Å². The van der Waals surface area contributed by atoms with Gasteiger partial charge in [-0.15, -0.1) is 0 Å². The van der Waals surface area contributed by atoms with Crippen LogP contribution in [0.25, 0.3) is 0 Å². The van der Waals surface area contributed by atoms with E-state index in [0.29, 0.717) is 19.4 Å². The molecule has 1 atom stereocenters. The lowest BCUT2D eigenvalue weighted by Crippen LogP contribution is -2.28. The molecule has 0 fully saturated rings. The molecule has 0 bridgehead atoms. The van der Waals surface area contributed by atoms with Gasteiger partial charge in [-0.2, -0.15) is 13.2 Å². The molecule has 1 unspecified atom stereocenters. The molecule has 0 aliphatic heterocycles. The van der Waals surface area contributed by atoms with Crippen LogP contribution in [0.1, 0.15) is 71.1 Å². The van der Waals surface area contributed by atoms with Gasteiger partial charge in [-0.05, 0) is 19.3 Å². The zero-order valence-electron chi connectivity index (χ0n) is 12.6. The van der Waals surface area contributed by atoms with Gasteiger partial charge in [0.05, 0.1) is 0 Å². The fourth-order valence-corrected chi connectivity index (χ4v) is 1.97. The van der Waals surface area contributed by atoms with Crippen LogP contribution >= 0.6 is 0 Å². The van der Waals surface area contributed by atoms with Gasteiger partial charge in [0.1, 0.15) is 6.10 Å². The zero-order chi connectivity index (χ0) is 15.3. The third-order valence-electron chi connectivity index (χ3n) is 3.29. The predicted molar refractivity (Wildman–Crippen MR) is 74.7 cm³/mol. The lowest BCUT2D eigenvalue weighted by molar-refractivity contribution is -0.205. The number of aliphatic hydroxyl groups is 1. The van der Waals surface area contributed by atoms with Crippen molar-refractivity contribution in [1.82, 2.24) is 0 Å². The Morgan fingerprint density at radius 1 is 0.850 bits per heavy atom. The number of rotatable bonds is 13. The molecule has 0 aliphatic carbocycles. The quantitative estimate of drug-likeness (QED) is 0.493. The molecule has 20 heavy (non-hydrogen) atoms. The largest absolute Gasteiger partial charge is 0.414 e. The lowest BCUT2D eigenvalue weighted by atomic mass is 10.1. The first kappa shape index (κ1) is 19.7. The Kier molecular flexibility index (Phi) is 12.3. The van der Waals surface area contributed by atoms with Gasteiger partial charge in [0.25, 0.3) is 0 Å². The van der Waals surface area contributed by atoms with Gasteiger partial charge < -0.3 is 9.84 Å². The number of ether oxygens (including phenoxy) is 1. The van der Waals surface area contributed by atoms with E-state index in [0.717, 1.165) is 25.9 Å². The molecule has 0 aromatic carbocycles. The van der Waals surface area contributed by atoms with Crippen LogP contribution in [-0.2, 0) is 4.74 Å². The molecule has 0 rings (SSSR count). The first-order valence-corrected chi connectivity index (χ1v) is 7.81. The topological polar surface area (TPSA) is 29.5 Å². The molecule has 0 aromatic heterocycles. The summed E-state index contributed by atoms with van der Waals surface area (Å²) in [5.74, 6) is 0. The molecule has 5 heteroatoms. The van der Waals surface area contributed by atoms with E-state index in [-0.39, 0.29) is 6.42 Å². The van der Waals surface area contributed by atoms with Crippen molar-refractivity contribution in [2.24, 2.45) is 0 Å². The minimum absolute atomic E-state index is 0.193. The molecular formula is C15H29F3O2. The highest BCUT2D eigenvalue weighted by Crippen LogP contribution is 2.23. The van der Waals surface area contributed by atoms with Crippen LogP contribution in [0.3, 0.4) is 0 Å². The van der Waals surface area contributed by atoms with Crippen LogP contribution in [0.5, 0.6) is 0 Å². The molecule has 0 saturated carbocycles. The number of hydrogen-bond acceptors (Lipinski definition) is 2. The summed E-state index contributed by atoms with van der Waals surface area (Å²) in [6.45, 7) is 3.66. The standard InChI is InChI=1S/C15H29F3O2/c1-2-3-4-6-9-12-20-13-10-7-5-8-11-14(19)15(16,17)18/h14,19H,2-13H2,1H3. The summed E-state index contributed by atoms with van der Waals surface area (Å²) in [5.41, 5.74) is 0. The third-order valence-corrected chi connectivity index (χ3v) is 3.29. The van der Waals surface area contributed by atoms with Crippen LogP contribution in [-0.4, -0.2) is 30.6 Å². The van der Waals surface area contributed by atoms with Gasteiger partial charge in [0.2, 0.25) is 0 Å². The highest BCUT2D eigenvalue weighted by Gasteiger charge is 2.37. The first-order valence-electron chi connectivity index (χ1n) is 7.81. The molecule has 0 amide bonds. The van der Waals surface area contributed by atoms with Gasteiger partial charge in [-0.25, -0.2) is 0 Å². The summed E-state index contributed by atoms with van der Waals surface area (Å²) >= 11 is 0. The summed E-state index contributed by atoms with van der Waals surface area (Å²) < 4.78 is 41.5. The van der Waals surface area contributed by atoms with Crippen molar-refractivity contribution in [2.45, 2.75) is 83.4 Å². The molecule has 0 radical (unpaired) electrons. The number of aliphatic hydroxyl groups excluding tert-OH is 1. The molecule has 0 heterocycles. The van der Waals surface area contributed by atoms with Crippen molar-refractivity contribution < 1.29 is 23.0 Å². The number of halogens is 3. The second-order valence-electron chi connectivity index (χ2n) is 5.29. The normalized spacial score (nSPS) is 13.7. The average molecular weight is 298 g/mol. The molecule has 122 valence electrons. The van der Waals surface area contributed by atoms with Crippen molar-refractivity contribution in [3.8, 4) is 0 Å². The Bertz CT molecular complexity index is 208. The van der Waals surface area contributed by atoms with E-state index in [1.807, 2.05) is 0 Å². The monoisotopic (exact) mass is 298 g/mol. The smallest absolute Gasteiger partial charge is 0.384 e. The van der Waals surface area contributed by atoms with Gasteiger partial charge in [0, 0.05) is 13.2 Å². The Labute approximate surface area is 120 Å². The molecule has 0 spiro atoms. The van der Waals surface area contributed by atoms with Crippen molar-refractivity contribution in [3.63, 3.8) is 0 Å². The number of hydrogen-bond donors (Lipinski definition) is 1. The molecule has 2 nitrogen and oxygen atoms in total. The highest BCUT2D eigenvalue weighted by molar-refractivity contribution is 4.64. The summed E-state index contributed by atoms with van der Waals surface area (Å²) in [6.07, 6.45) is 2.14. The lowest BCUT2D eigenvalue weighted by Gasteiger charge is -2.13. The maximum Gasteiger partial charge on any atom is 0.414 e. The Morgan fingerprint density at radius 2 is 1.35 bits per heavy atom. The van der Waals surface area contributed by atoms with E-state index in [4.69, 9.17) is 9.84 Å². The van der Waals surface area contributed by atoms with E-state index in [1.165, 1.54) is 25.7 Å². The van der Waals surface area contributed by atoms with E-state index >= 15 is 0 Å². The van der Waals surface area contributed by atoms with E-state index in [2.05, 4.69) is 6.92 Å². The second-order valence-corrected chi connectivity index (χ2v) is 5.29. The zero-order valence-corrected chi connectivity index (χ0v) is 12.6. The Balaban J connectivity index is 3.14. The second kappa shape index (κ2) is 12.5.